The largest absolute Gasteiger partial charge is 0.456 e. The van der Waals surface area contributed by atoms with E-state index in [4.69, 9.17) is 24.2 Å². The number of unbranched alkanes of at least 4 members (excludes halogenated alkanes) is 10. The number of carbonyl (C=O) groups is 2. The van der Waals surface area contributed by atoms with Crippen LogP contribution in [0.5, 0.6) is 0 Å². The van der Waals surface area contributed by atoms with Gasteiger partial charge in [0.25, 0.3) is 5.91 Å². The van der Waals surface area contributed by atoms with Gasteiger partial charge in [0, 0.05) is 38.3 Å². The van der Waals surface area contributed by atoms with E-state index < -0.39 is 0 Å². The summed E-state index contributed by atoms with van der Waals surface area (Å²) in [5.74, 6) is 0.992. The molecule has 2 aromatic rings. The average Bonchev–Trinajstić information content (AvgIpc) is 3.03. The fourth-order valence-corrected chi connectivity index (χ4v) is 5.44. The quantitative estimate of drug-likeness (QED) is 0.191. The maximum absolute atomic E-state index is 12.5. The summed E-state index contributed by atoms with van der Waals surface area (Å²) in [4.78, 5) is 39.0. The van der Waals surface area contributed by atoms with Gasteiger partial charge in [-0.1, -0.05) is 71.1 Å². The van der Waals surface area contributed by atoms with Crippen molar-refractivity contribution in [1.82, 2.24) is 9.97 Å². The molecule has 2 fully saturated rings. The van der Waals surface area contributed by atoms with Gasteiger partial charge in [0.2, 0.25) is 0 Å². The van der Waals surface area contributed by atoms with Gasteiger partial charge >= 0.3 is 5.97 Å². The molecule has 2 saturated heterocycles. The predicted octanol–water partition coefficient (Wildman–Crippen LogP) is 5.49. The van der Waals surface area contributed by atoms with Gasteiger partial charge in [-0.3, -0.25) is 9.59 Å². The van der Waals surface area contributed by atoms with Gasteiger partial charge < -0.3 is 29.3 Å². The molecule has 0 atom stereocenters. The zero-order valence-corrected chi connectivity index (χ0v) is 25.4. The molecule has 0 radical (unpaired) electrons. The van der Waals surface area contributed by atoms with Crippen LogP contribution in [0.25, 0.3) is 11.0 Å². The summed E-state index contributed by atoms with van der Waals surface area (Å²) in [6.07, 6.45) is 13.8. The zero-order chi connectivity index (χ0) is 29.4. The van der Waals surface area contributed by atoms with Gasteiger partial charge in [-0.15, -0.1) is 0 Å². The number of hydrogen-bond donors (Lipinski definition) is 1. The summed E-state index contributed by atoms with van der Waals surface area (Å²) >= 11 is 0. The minimum absolute atomic E-state index is 0.296. The van der Waals surface area contributed by atoms with Gasteiger partial charge in [0.15, 0.2) is 18.2 Å². The number of aromatic nitrogens is 2. The van der Waals surface area contributed by atoms with Crippen LogP contribution >= 0.6 is 0 Å². The summed E-state index contributed by atoms with van der Waals surface area (Å²) in [6, 6.07) is 5.49. The van der Waals surface area contributed by atoms with Crippen LogP contribution in [0.1, 0.15) is 84.0 Å². The van der Waals surface area contributed by atoms with Gasteiger partial charge in [-0.25, -0.2) is 9.97 Å². The molecular formula is C32H49N5O5. The highest BCUT2D eigenvalue weighted by Crippen LogP contribution is 2.30. The Labute approximate surface area is 250 Å². The third kappa shape index (κ3) is 10.4. The second kappa shape index (κ2) is 17.9. The topological polar surface area (TPSA) is 106 Å². The first-order chi connectivity index (χ1) is 20.6. The molecule has 1 amide bonds. The summed E-state index contributed by atoms with van der Waals surface area (Å²) in [5.41, 5.74) is 2.04. The number of benzene rings is 1. The van der Waals surface area contributed by atoms with Crippen molar-refractivity contribution in [2.45, 2.75) is 84.0 Å². The molecule has 0 aliphatic carbocycles. The van der Waals surface area contributed by atoms with Crippen LogP contribution in [0, 0.1) is 0 Å². The highest BCUT2D eigenvalue weighted by Gasteiger charge is 2.24. The van der Waals surface area contributed by atoms with Crippen molar-refractivity contribution in [3.05, 3.63) is 18.2 Å². The van der Waals surface area contributed by atoms with Gasteiger partial charge in [0.05, 0.1) is 37.5 Å². The number of anilines is 3. The third-order valence-corrected chi connectivity index (χ3v) is 7.88. The molecule has 2 aliphatic heterocycles. The molecule has 1 N–H and O–H groups in total. The number of esters is 1. The van der Waals surface area contributed by atoms with Crippen molar-refractivity contribution in [3.63, 3.8) is 0 Å². The average molecular weight is 584 g/mol. The van der Waals surface area contributed by atoms with E-state index in [0.29, 0.717) is 44.1 Å². The van der Waals surface area contributed by atoms with Gasteiger partial charge in [0.1, 0.15) is 0 Å². The van der Waals surface area contributed by atoms with E-state index in [-0.39, 0.29) is 18.5 Å². The highest BCUT2D eigenvalue weighted by molar-refractivity contribution is 5.95. The molecule has 1 aromatic carbocycles. The minimum Gasteiger partial charge on any atom is -0.456 e. The van der Waals surface area contributed by atoms with Crippen molar-refractivity contribution >= 4 is 40.2 Å². The molecule has 1 aromatic heterocycles. The lowest BCUT2D eigenvalue weighted by molar-refractivity contribution is -0.147. The molecule has 10 heteroatoms. The molecule has 3 heterocycles. The lowest BCUT2D eigenvalue weighted by Gasteiger charge is -2.34. The first-order valence-corrected chi connectivity index (χ1v) is 16.1. The molecule has 0 unspecified atom stereocenters. The summed E-state index contributed by atoms with van der Waals surface area (Å²) in [5, 5.41) is 2.83. The van der Waals surface area contributed by atoms with E-state index in [0.717, 1.165) is 62.6 Å². The van der Waals surface area contributed by atoms with Crippen molar-refractivity contribution in [3.8, 4) is 0 Å². The number of fused-ring (bicyclic) bond motifs is 1. The third-order valence-electron chi connectivity index (χ3n) is 7.88. The summed E-state index contributed by atoms with van der Waals surface area (Å²) in [6.45, 7) is 7.61. The smallest absolute Gasteiger partial charge is 0.306 e. The molecule has 0 spiro atoms. The number of rotatable bonds is 17. The van der Waals surface area contributed by atoms with Crippen molar-refractivity contribution in [1.29, 1.82) is 0 Å². The Morgan fingerprint density at radius 2 is 1.29 bits per heavy atom. The van der Waals surface area contributed by atoms with Crippen molar-refractivity contribution in [2.24, 2.45) is 0 Å². The first-order valence-electron chi connectivity index (χ1n) is 16.1. The number of carbonyl (C=O) groups excluding carboxylic acids is 2. The van der Waals surface area contributed by atoms with Crippen LogP contribution in [0.3, 0.4) is 0 Å². The number of morpholine rings is 2. The van der Waals surface area contributed by atoms with Crippen LogP contribution in [-0.4, -0.2) is 81.1 Å². The Hall–Kier alpha value is -2.98. The van der Waals surface area contributed by atoms with E-state index in [9.17, 15) is 9.59 Å². The molecule has 42 heavy (non-hydrogen) atoms. The van der Waals surface area contributed by atoms with Gasteiger partial charge in [-0.2, -0.15) is 0 Å². The Morgan fingerprint density at radius 1 is 0.762 bits per heavy atom. The Bertz CT molecular complexity index is 1120. The Balaban J connectivity index is 1.21. The van der Waals surface area contributed by atoms with Crippen LogP contribution < -0.4 is 15.1 Å². The van der Waals surface area contributed by atoms with Crippen LogP contribution in [0.15, 0.2) is 18.2 Å². The monoisotopic (exact) mass is 583 g/mol. The van der Waals surface area contributed by atoms with Crippen LogP contribution in [0.4, 0.5) is 17.3 Å². The molecular weight excluding hydrogens is 534 g/mol. The van der Waals surface area contributed by atoms with E-state index >= 15 is 0 Å². The van der Waals surface area contributed by atoms with E-state index in [2.05, 4.69) is 22.0 Å². The number of ether oxygens (including phenoxy) is 3. The van der Waals surface area contributed by atoms with Crippen LogP contribution in [-0.2, 0) is 23.8 Å². The maximum Gasteiger partial charge on any atom is 0.306 e. The molecule has 0 bridgehead atoms. The SMILES string of the molecule is CCCCCCCCCCCCCC(=O)OCC(=O)Nc1ccc2nc(N3CCOCC3)c(N3CCOCC3)nc2c1. The fraction of sp³-hybridized carbons (Fsp3) is 0.688. The van der Waals surface area contributed by atoms with Crippen molar-refractivity contribution < 1.29 is 23.8 Å². The second-order valence-corrected chi connectivity index (χ2v) is 11.3. The minimum atomic E-state index is -0.368. The molecule has 2 aliphatic rings. The van der Waals surface area contributed by atoms with E-state index in [1.807, 2.05) is 12.1 Å². The molecule has 10 nitrogen and oxygen atoms in total. The number of amides is 1. The molecule has 4 rings (SSSR count). The predicted molar refractivity (Wildman–Crippen MR) is 166 cm³/mol. The number of nitrogens with zero attached hydrogens (tertiary/aromatic N) is 4. The normalized spacial score (nSPS) is 15.6. The lowest BCUT2D eigenvalue weighted by atomic mass is 10.1. The number of hydrogen-bond acceptors (Lipinski definition) is 9. The Kier molecular flexibility index (Phi) is 13.6. The number of nitrogens with one attached hydrogen (secondary N) is 1. The standard InChI is InChI=1S/C32H49N5O5/c1-2-3-4-5-6-7-8-9-10-11-12-13-30(39)42-25-29(38)33-26-14-15-27-28(24-26)35-32(37-18-22-41-23-19-37)31(34-27)36-16-20-40-21-17-36/h14-15,24H,2-13,16-23,25H2,1H3,(H,33,38). The zero-order valence-electron chi connectivity index (χ0n) is 25.4. The first kappa shape index (κ1) is 31.9. The molecule has 232 valence electrons. The van der Waals surface area contributed by atoms with E-state index in [1.54, 1.807) is 6.07 Å². The fourth-order valence-electron chi connectivity index (χ4n) is 5.44. The van der Waals surface area contributed by atoms with Crippen LogP contribution in [0.2, 0.25) is 0 Å². The lowest BCUT2D eigenvalue weighted by Crippen LogP contribution is -2.41. The van der Waals surface area contributed by atoms with E-state index in [1.165, 1.54) is 51.4 Å². The molecule has 0 saturated carbocycles. The van der Waals surface area contributed by atoms with Gasteiger partial charge in [-0.05, 0) is 24.6 Å². The Morgan fingerprint density at radius 3 is 1.86 bits per heavy atom. The highest BCUT2D eigenvalue weighted by atomic mass is 16.5. The summed E-state index contributed by atoms with van der Waals surface area (Å²) in [7, 11) is 0. The summed E-state index contributed by atoms with van der Waals surface area (Å²) < 4.78 is 16.3. The van der Waals surface area contributed by atoms with Crippen molar-refractivity contribution in [2.75, 3.05) is 74.3 Å². The maximum atomic E-state index is 12.5. The second-order valence-electron chi connectivity index (χ2n) is 11.3.